The molecule has 2 rings (SSSR count). The van der Waals surface area contributed by atoms with Crippen LogP contribution >= 0.6 is 15.9 Å². The number of amides is 1. The van der Waals surface area contributed by atoms with Crippen molar-refractivity contribution in [1.82, 2.24) is 5.32 Å². The molecule has 0 spiro atoms. The zero-order valence-electron chi connectivity index (χ0n) is 11.6. The highest BCUT2D eigenvalue weighted by molar-refractivity contribution is 9.10. The maximum atomic E-state index is 13.2. The number of nitrogens with one attached hydrogen (secondary N) is 1. The van der Waals surface area contributed by atoms with E-state index in [9.17, 15) is 19.3 Å². The largest absolute Gasteiger partial charge is 0.348 e. The molecule has 1 amide bonds. The van der Waals surface area contributed by atoms with Crippen LogP contribution in [0.25, 0.3) is 0 Å². The Bertz CT molecular complexity index is 750. The highest BCUT2D eigenvalue weighted by Crippen LogP contribution is 2.20. The van der Waals surface area contributed by atoms with E-state index in [1.54, 1.807) is 13.0 Å². The SMILES string of the molecule is Cc1ccc(C(=O)NCc2cc(F)ccc2Br)cc1[N+](=O)[O-]. The molecule has 5 nitrogen and oxygen atoms in total. The molecule has 7 heteroatoms. The number of aryl methyl sites for hydroxylation is 1. The second-order valence-corrected chi connectivity index (χ2v) is 5.53. The van der Waals surface area contributed by atoms with Gasteiger partial charge in [0.2, 0.25) is 0 Å². The third kappa shape index (κ3) is 3.67. The number of rotatable bonds is 4. The van der Waals surface area contributed by atoms with Crippen molar-refractivity contribution in [2.75, 3.05) is 0 Å². The predicted molar refractivity (Wildman–Crippen MR) is 83.1 cm³/mol. The molecule has 2 aromatic rings. The van der Waals surface area contributed by atoms with Crippen LogP contribution in [0.2, 0.25) is 0 Å². The van der Waals surface area contributed by atoms with Crippen molar-refractivity contribution in [3.63, 3.8) is 0 Å². The number of hydrogen-bond donors (Lipinski definition) is 1. The second-order valence-electron chi connectivity index (χ2n) is 4.68. The Labute approximate surface area is 134 Å². The van der Waals surface area contributed by atoms with Crippen LogP contribution < -0.4 is 5.32 Å². The fraction of sp³-hybridized carbons (Fsp3) is 0.133. The van der Waals surface area contributed by atoms with Gasteiger partial charge in [-0.25, -0.2) is 4.39 Å². The van der Waals surface area contributed by atoms with Gasteiger partial charge in [0.25, 0.3) is 11.6 Å². The smallest absolute Gasteiger partial charge is 0.273 e. The van der Waals surface area contributed by atoms with Crippen molar-refractivity contribution in [3.8, 4) is 0 Å². The van der Waals surface area contributed by atoms with Crippen LogP contribution in [0.5, 0.6) is 0 Å². The number of nitro groups is 1. The number of carbonyl (C=O) groups excluding carboxylic acids is 1. The summed E-state index contributed by atoms with van der Waals surface area (Å²) in [7, 11) is 0. The molecule has 0 aliphatic carbocycles. The zero-order chi connectivity index (χ0) is 16.3. The molecule has 0 aliphatic heterocycles. The lowest BCUT2D eigenvalue weighted by atomic mass is 10.1. The fourth-order valence-electron chi connectivity index (χ4n) is 1.90. The molecule has 1 N–H and O–H groups in total. The van der Waals surface area contributed by atoms with E-state index in [0.29, 0.717) is 15.6 Å². The minimum Gasteiger partial charge on any atom is -0.348 e. The van der Waals surface area contributed by atoms with Gasteiger partial charge >= 0.3 is 0 Å². The summed E-state index contributed by atoms with van der Waals surface area (Å²) >= 11 is 3.27. The molecule has 0 bridgehead atoms. The maximum absolute atomic E-state index is 13.2. The van der Waals surface area contributed by atoms with Crippen LogP contribution in [-0.2, 0) is 6.54 Å². The molecule has 0 saturated heterocycles. The summed E-state index contributed by atoms with van der Waals surface area (Å²) in [6.07, 6.45) is 0. The van der Waals surface area contributed by atoms with Gasteiger partial charge in [0.15, 0.2) is 0 Å². The zero-order valence-corrected chi connectivity index (χ0v) is 13.2. The normalized spacial score (nSPS) is 10.3. The summed E-state index contributed by atoms with van der Waals surface area (Å²) in [4.78, 5) is 22.4. The molecule has 2 aromatic carbocycles. The van der Waals surface area contributed by atoms with Gasteiger partial charge in [-0.3, -0.25) is 14.9 Å². The standard InChI is InChI=1S/C15H12BrFN2O3/c1-9-2-3-10(7-14(9)19(21)22)15(20)18-8-11-6-12(17)4-5-13(11)16/h2-7H,8H2,1H3,(H,18,20). The Morgan fingerprint density at radius 2 is 2.05 bits per heavy atom. The third-order valence-electron chi connectivity index (χ3n) is 3.12. The number of nitro benzene ring substituents is 1. The maximum Gasteiger partial charge on any atom is 0.273 e. The molecule has 114 valence electrons. The van der Waals surface area contributed by atoms with Gasteiger partial charge in [-0.15, -0.1) is 0 Å². The Kier molecular flexibility index (Phi) is 4.87. The second kappa shape index (κ2) is 6.65. The van der Waals surface area contributed by atoms with E-state index in [0.717, 1.165) is 0 Å². The average molecular weight is 367 g/mol. The number of hydrogen-bond acceptors (Lipinski definition) is 3. The highest BCUT2D eigenvalue weighted by atomic mass is 79.9. The van der Waals surface area contributed by atoms with E-state index in [-0.39, 0.29) is 17.8 Å². The van der Waals surface area contributed by atoms with Gasteiger partial charge in [-0.05, 0) is 36.8 Å². The van der Waals surface area contributed by atoms with Crippen molar-refractivity contribution in [2.45, 2.75) is 13.5 Å². The Morgan fingerprint density at radius 3 is 2.73 bits per heavy atom. The number of benzene rings is 2. The first-order valence-corrected chi connectivity index (χ1v) is 7.15. The van der Waals surface area contributed by atoms with E-state index < -0.39 is 16.6 Å². The monoisotopic (exact) mass is 366 g/mol. The van der Waals surface area contributed by atoms with Gasteiger partial charge in [0.1, 0.15) is 5.82 Å². The summed E-state index contributed by atoms with van der Waals surface area (Å²) in [6, 6.07) is 8.42. The quantitative estimate of drug-likeness (QED) is 0.661. The molecule has 0 aliphatic rings. The van der Waals surface area contributed by atoms with Crippen LogP contribution in [0.15, 0.2) is 40.9 Å². The van der Waals surface area contributed by atoms with Crippen molar-refractivity contribution in [1.29, 1.82) is 0 Å². The lowest BCUT2D eigenvalue weighted by Crippen LogP contribution is -2.23. The van der Waals surface area contributed by atoms with Crippen molar-refractivity contribution < 1.29 is 14.1 Å². The lowest BCUT2D eigenvalue weighted by molar-refractivity contribution is -0.385. The van der Waals surface area contributed by atoms with Crippen LogP contribution in [0.4, 0.5) is 10.1 Å². The summed E-state index contributed by atoms with van der Waals surface area (Å²) < 4.78 is 13.8. The van der Waals surface area contributed by atoms with Crippen molar-refractivity contribution >= 4 is 27.5 Å². The van der Waals surface area contributed by atoms with Crippen LogP contribution in [-0.4, -0.2) is 10.8 Å². The minimum absolute atomic E-state index is 0.110. The number of carbonyl (C=O) groups is 1. The van der Waals surface area contributed by atoms with E-state index in [4.69, 9.17) is 0 Å². The molecule has 0 fully saturated rings. The molecule has 0 heterocycles. The highest BCUT2D eigenvalue weighted by Gasteiger charge is 2.15. The van der Waals surface area contributed by atoms with Gasteiger partial charge in [-0.2, -0.15) is 0 Å². The first-order chi connectivity index (χ1) is 10.4. The van der Waals surface area contributed by atoms with Gasteiger partial charge in [-0.1, -0.05) is 22.0 Å². The topological polar surface area (TPSA) is 72.2 Å². The number of halogens is 2. The molecule has 0 aromatic heterocycles. The Hall–Kier alpha value is -2.28. The third-order valence-corrected chi connectivity index (χ3v) is 3.89. The molecular weight excluding hydrogens is 355 g/mol. The van der Waals surface area contributed by atoms with Gasteiger partial charge in [0.05, 0.1) is 4.92 Å². The van der Waals surface area contributed by atoms with E-state index in [1.165, 1.54) is 30.3 Å². The summed E-state index contributed by atoms with van der Waals surface area (Å²) in [5.74, 6) is -0.863. The van der Waals surface area contributed by atoms with E-state index in [2.05, 4.69) is 21.2 Å². The Balaban J connectivity index is 2.14. The van der Waals surface area contributed by atoms with Gasteiger partial charge in [0, 0.05) is 28.2 Å². The molecular formula is C15H12BrFN2O3. The molecule has 22 heavy (non-hydrogen) atoms. The average Bonchev–Trinajstić information content (AvgIpc) is 2.48. The van der Waals surface area contributed by atoms with Crippen LogP contribution in [0.3, 0.4) is 0 Å². The molecule has 0 radical (unpaired) electrons. The van der Waals surface area contributed by atoms with Crippen molar-refractivity contribution in [3.05, 3.63) is 73.5 Å². The number of nitrogens with zero attached hydrogens (tertiary/aromatic N) is 1. The summed E-state index contributed by atoms with van der Waals surface area (Å²) in [6.45, 7) is 1.71. The summed E-state index contributed by atoms with van der Waals surface area (Å²) in [5, 5.41) is 13.5. The molecule has 0 saturated carbocycles. The van der Waals surface area contributed by atoms with Crippen LogP contribution in [0, 0.1) is 22.9 Å². The van der Waals surface area contributed by atoms with E-state index in [1.807, 2.05) is 0 Å². The first kappa shape index (κ1) is 16.1. The van der Waals surface area contributed by atoms with E-state index >= 15 is 0 Å². The minimum atomic E-state index is -0.532. The Morgan fingerprint density at radius 1 is 1.32 bits per heavy atom. The first-order valence-electron chi connectivity index (χ1n) is 6.35. The predicted octanol–water partition coefficient (Wildman–Crippen LogP) is 3.73. The lowest BCUT2D eigenvalue weighted by Gasteiger charge is -2.08. The molecule has 0 atom stereocenters. The fourth-order valence-corrected chi connectivity index (χ4v) is 2.29. The summed E-state index contributed by atoms with van der Waals surface area (Å²) in [5.41, 5.74) is 1.13. The van der Waals surface area contributed by atoms with Crippen molar-refractivity contribution in [2.24, 2.45) is 0 Å². The molecule has 0 unspecified atom stereocenters. The van der Waals surface area contributed by atoms with Crippen LogP contribution in [0.1, 0.15) is 21.5 Å². The van der Waals surface area contributed by atoms with Gasteiger partial charge < -0.3 is 5.32 Å².